The van der Waals surface area contributed by atoms with Crippen LogP contribution < -0.4 is 0 Å². The van der Waals surface area contributed by atoms with Crippen molar-refractivity contribution in [3.05, 3.63) is 42.5 Å². The van der Waals surface area contributed by atoms with Gasteiger partial charge in [-0.3, -0.25) is 4.79 Å². The molecule has 0 heterocycles. The summed E-state index contributed by atoms with van der Waals surface area (Å²) in [6, 6.07) is 8.56. The van der Waals surface area contributed by atoms with Crippen LogP contribution in [0.5, 0.6) is 0 Å². The number of hydrogen-bond acceptors (Lipinski definition) is 2. The summed E-state index contributed by atoms with van der Waals surface area (Å²) in [6.45, 7) is 1.72. The van der Waals surface area contributed by atoms with Gasteiger partial charge in [-0.25, -0.2) is 0 Å². The van der Waals surface area contributed by atoms with E-state index in [1.807, 2.05) is 0 Å². The first-order valence-electron chi connectivity index (χ1n) is 5.33. The van der Waals surface area contributed by atoms with E-state index < -0.39 is 24.7 Å². The molecule has 0 saturated carbocycles. The van der Waals surface area contributed by atoms with Crippen LogP contribution in [0.15, 0.2) is 36.9 Å². The molecule has 19 heavy (non-hydrogen) atoms. The molecule has 1 aromatic carbocycles. The fourth-order valence-corrected chi connectivity index (χ4v) is 1.24. The van der Waals surface area contributed by atoms with Gasteiger partial charge in [-0.2, -0.15) is 17.6 Å². The number of hydrogen-bond donors (Lipinski definition) is 0. The zero-order valence-electron chi connectivity index (χ0n) is 9.91. The second-order valence-corrected chi connectivity index (χ2v) is 3.91. The van der Waals surface area contributed by atoms with Crippen LogP contribution in [0.4, 0.5) is 17.6 Å². The van der Waals surface area contributed by atoms with Gasteiger partial charge in [-0.1, -0.05) is 36.9 Å². The molecule has 0 unspecified atom stereocenters. The lowest BCUT2D eigenvalue weighted by Gasteiger charge is -2.21. The summed E-state index contributed by atoms with van der Waals surface area (Å²) in [4.78, 5) is 9.89. The Morgan fingerprint density at radius 2 is 1.79 bits per heavy atom. The van der Waals surface area contributed by atoms with Crippen LogP contribution in [0.3, 0.4) is 0 Å². The third kappa shape index (κ3) is 3.89. The van der Waals surface area contributed by atoms with E-state index in [0.29, 0.717) is 11.1 Å². The highest BCUT2D eigenvalue weighted by atomic mass is 19.3. The van der Waals surface area contributed by atoms with Crippen molar-refractivity contribution in [2.45, 2.75) is 11.8 Å². The Labute approximate surface area is 107 Å². The lowest BCUT2D eigenvalue weighted by molar-refractivity contribution is -0.216. The third-order valence-corrected chi connectivity index (χ3v) is 2.38. The van der Waals surface area contributed by atoms with Crippen molar-refractivity contribution in [2.24, 2.45) is 0 Å². The van der Waals surface area contributed by atoms with Gasteiger partial charge in [-0.05, 0) is 11.1 Å². The van der Waals surface area contributed by atoms with E-state index in [2.05, 4.69) is 11.3 Å². The lowest BCUT2D eigenvalue weighted by atomic mass is 10.1. The van der Waals surface area contributed by atoms with Crippen LogP contribution in [0.25, 0.3) is 5.57 Å². The van der Waals surface area contributed by atoms with Crippen LogP contribution in [-0.4, -0.2) is 31.3 Å². The number of benzene rings is 1. The average molecular weight is 276 g/mol. The van der Waals surface area contributed by atoms with Crippen LogP contribution in [-0.2, 0) is 9.53 Å². The van der Waals surface area contributed by atoms with Crippen LogP contribution in [0.2, 0.25) is 0 Å². The second kappa shape index (κ2) is 5.97. The second-order valence-electron chi connectivity index (χ2n) is 3.91. The van der Waals surface area contributed by atoms with Crippen LogP contribution in [0, 0.1) is 0 Å². The normalized spacial score (nSPS) is 12.2. The molecular formula is C13H12F4O2. The lowest BCUT2D eigenvalue weighted by Crippen LogP contribution is -2.45. The first-order valence-corrected chi connectivity index (χ1v) is 5.33. The van der Waals surface area contributed by atoms with E-state index in [0.717, 1.165) is 0 Å². The topological polar surface area (TPSA) is 26.3 Å². The van der Waals surface area contributed by atoms with Gasteiger partial charge >= 0.3 is 11.8 Å². The quantitative estimate of drug-likeness (QED) is 0.564. The van der Waals surface area contributed by atoms with Gasteiger partial charge in [0, 0.05) is 0 Å². The minimum absolute atomic E-state index is 0.325. The molecule has 1 rings (SSSR count). The Balaban J connectivity index is 2.51. The highest BCUT2D eigenvalue weighted by Gasteiger charge is 2.56. The molecule has 0 aliphatic carbocycles. The van der Waals surface area contributed by atoms with Crippen molar-refractivity contribution in [3.63, 3.8) is 0 Å². The van der Waals surface area contributed by atoms with E-state index in [-0.39, 0.29) is 6.61 Å². The summed E-state index contributed by atoms with van der Waals surface area (Å²) < 4.78 is 55.5. The molecule has 0 amide bonds. The van der Waals surface area contributed by atoms with Crippen molar-refractivity contribution >= 4 is 11.9 Å². The van der Waals surface area contributed by atoms with E-state index in [1.54, 1.807) is 30.3 Å². The summed E-state index contributed by atoms with van der Waals surface area (Å²) in [7, 11) is 0. The van der Waals surface area contributed by atoms with Crippen molar-refractivity contribution in [1.29, 1.82) is 0 Å². The standard InChI is InChI=1S/C13H12F4O2/c1-10(11-5-3-2-4-6-11)7-19-9-13(16,17)12(14,15)8-18/h2-6,8H,1,7,9H2. The van der Waals surface area contributed by atoms with Gasteiger partial charge in [0.1, 0.15) is 6.61 Å². The zero-order valence-corrected chi connectivity index (χ0v) is 9.91. The Bertz CT molecular complexity index is 443. The molecule has 0 spiro atoms. The smallest absolute Gasteiger partial charge is 0.366 e. The van der Waals surface area contributed by atoms with E-state index >= 15 is 0 Å². The molecule has 0 aliphatic heterocycles. The molecule has 1 aromatic rings. The van der Waals surface area contributed by atoms with Gasteiger partial charge in [0.2, 0.25) is 0 Å². The van der Waals surface area contributed by atoms with Crippen LogP contribution >= 0.6 is 0 Å². The Morgan fingerprint density at radius 3 is 2.32 bits per heavy atom. The minimum Gasteiger partial charge on any atom is -0.370 e. The van der Waals surface area contributed by atoms with Crippen molar-refractivity contribution in [3.8, 4) is 0 Å². The first kappa shape index (κ1) is 15.4. The van der Waals surface area contributed by atoms with Crippen molar-refractivity contribution in [1.82, 2.24) is 0 Å². The van der Waals surface area contributed by atoms with Crippen LogP contribution in [0.1, 0.15) is 5.56 Å². The number of ether oxygens (including phenoxy) is 1. The largest absolute Gasteiger partial charge is 0.370 e. The molecule has 6 heteroatoms. The van der Waals surface area contributed by atoms with E-state index in [9.17, 15) is 22.4 Å². The fraction of sp³-hybridized carbons (Fsp3) is 0.308. The maximum absolute atomic E-state index is 12.9. The Morgan fingerprint density at radius 1 is 1.21 bits per heavy atom. The Hall–Kier alpha value is -1.69. The number of rotatable bonds is 7. The molecule has 0 atom stereocenters. The predicted molar refractivity (Wildman–Crippen MR) is 62.3 cm³/mol. The summed E-state index contributed by atoms with van der Waals surface area (Å²) in [5.74, 6) is -9.27. The van der Waals surface area contributed by atoms with Crippen molar-refractivity contribution < 1.29 is 27.1 Å². The highest BCUT2D eigenvalue weighted by molar-refractivity contribution is 5.64. The molecule has 0 aliphatic rings. The number of carbonyl (C=O) groups excluding carboxylic acids is 1. The predicted octanol–water partition coefficient (Wildman–Crippen LogP) is 3.19. The first-order chi connectivity index (χ1) is 8.80. The highest BCUT2D eigenvalue weighted by Crippen LogP contribution is 2.32. The van der Waals surface area contributed by atoms with E-state index in [1.165, 1.54) is 0 Å². The average Bonchev–Trinajstić information content (AvgIpc) is 2.39. The van der Waals surface area contributed by atoms with Gasteiger partial charge in [0.05, 0.1) is 6.61 Å². The minimum atomic E-state index is -4.74. The fourth-order valence-electron chi connectivity index (χ4n) is 1.24. The number of aldehydes is 1. The SMILES string of the molecule is C=C(COCC(F)(F)C(F)(F)C=O)c1ccccc1. The zero-order chi connectivity index (χ0) is 14.5. The summed E-state index contributed by atoms with van der Waals surface area (Å²) >= 11 is 0. The molecular weight excluding hydrogens is 264 g/mol. The molecule has 104 valence electrons. The summed E-state index contributed by atoms with van der Waals surface area (Å²) in [5.41, 5.74) is 1.04. The Kier molecular flexibility index (Phi) is 4.83. The van der Waals surface area contributed by atoms with Gasteiger partial charge in [0.25, 0.3) is 0 Å². The maximum Gasteiger partial charge on any atom is 0.366 e. The number of halogens is 4. The maximum atomic E-state index is 12.9. The molecule has 0 radical (unpaired) electrons. The third-order valence-electron chi connectivity index (χ3n) is 2.38. The molecule has 0 bridgehead atoms. The molecule has 0 saturated heterocycles. The monoisotopic (exact) mass is 276 g/mol. The summed E-state index contributed by atoms with van der Waals surface area (Å²) in [6.07, 6.45) is -1.08. The molecule has 0 N–H and O–H groups in total. The molecule has 2 nitrogen and oxygen atoms in total. The summed E-state index contributed by atoms with van der Waals surface area (Å²) in [5, 5.41) is 0. The molecule has 0 fully saturated rings. The van der Waals surface area contributed by atoms with Crippen molar-refractivity contribution in [2.75, 3.05) is 13.2 Å². The van der Waals surface area contributed by atoms with Gasteiger partial charge < -0.3 is 4.74 Å². The number of alkyl halides is 4. The van der Waals surface area contributed by atoms with E-state index in [4.69, 9.17) is 0 Å². The molecule has 0 aromatic heterocycles. The van der Waals surface area contributed by atoms with Gasteiger partial charge in [0.15, 0.2) is 6.29 Å². The van der Waals surface area contributed by atoms with Gasteiger partial charge in [-0.15, -0.1) is 0 Å². The number of carbonyl (C=O) groups is 1.